The van der Waals surface area contributed by atoms with E-state index in [1.54, 1.807) is 18.0 Å². The molecular weight excluding hydrogens is 204 g/mol. The molecule has 1 aromatic heterocycles. The van der Waals surface area contributed by atoms with Gasteiger partial charge in [-0.25, -0.2) is 4.68 Å². The highest BCUT2D eigenvalue weighted by atomic mass is 16.5. The van der Waals surface area contributed by atoms with Crippen LogP contribution < -0.4 is 4.74 Å². The molecule has 0 amide bonds. The lowest BCUT2D eigenvalue weighted by atomic mass is 10.3. The van der Waals surface area contributed by atoms with E-state index in [9.17, 15) is 5.11 Å². The molecule has 0 fully saturated rings. The highest BCUT2D eigenvalue weighted by Crippen LogP contribution is 2.20. The normalized spacial score (nSPS) is 10.4. The number of hydrogen-bond acceptors (Lipinski definition) is 3. The van der Waals surface area contributed by atoms with Gasteiger partial charge in [0, 0.05) is 0 Å². The van der Waals surface area contributed by atoms with Crippen LogP contribution in [0.4, 0.5) is 0 Å². The largest absolute Gasteiger partial charge is 0.504 e. The summed E-state index contributed by atoms with van der Waals surface area (Å²) in [7, 11) is 1.63. The van der Waals surface area contributed by atoms with Crippen LogP contribution in [0.1, 0.15) is 12.6 Å². The van der Waals surface area contributed by atoms with Gasteiger partial charge < -0.3 is 9.84 Å². The molecule has 1 aromatic carbocycles. The van der Waals surface area contributed by atoms with Gasteiger partial charge in [0.2, 0.25) is 0 Å². The van der Waals surface area contributed by atoms with Crippen molar-refractivity contribution >= 4 is 0 Å². The van der Waals surface area contributed by atoms with Crippen LogP contribution in [0.25, 0.3) is 5.69 Å². The minimum absolute atomic E-state index is 0.235. The molecule has 84 valence electrons. The Hall–Kier alpha value is -1.97. The molecule has 0 unspecified atom stereocenters. The van der Waals surface area contributed by atoms with Gasteiger partial charge in [-0.3, -0.25) is 0 Å². The number of aromatic nitrogens is 2. The number of rotatable bonds is 3. The van der Waals surface area contributed by atoms with Gasteiger partial charge in [0.25, 0.3) is 0 Å². The van der Waals surface area contributed by atoms with Crippen LogP contribution >= 0.6 is 0 Å². The summed E-state index contributed by atoms with van der Waals surface area (Å²) in [5.41, 5.74) is 1.60. The standard InChI is InChI=1S/C12H14N2O2/c1-3-11-12(15)8-14(13-11)9-4-6-10(16-2)7-5-9/h4-8,15H,3H2,1-2H3. The summed E-state index contributed by atoms with van der Waals surface area (Å²) >= 11 is 0. The van der Waals surface area contributed by atoms with Crippen molar-refractivity contribution in [1.29, 1.82) is 0 Å². The van der Waals surface area contributed by atoms with Crippen molar-refractivity contribution in [3.05, 3.63) is 36.2 Å². The Kier molecular flexibility index (Phi) is 2.81. The van der Waals surface area contributed by atoms with Crippen molar-refractivity contribution in [2.45, 2.75) is 13.3 Å². The van der Waals surface area contributed by atoms with Crippen LogP contribution in [0.2, 0.25) is 0 Å². The van der Waals surface area contributed by atoms with Crippen molar-refractivity contribution in [2.24, 2.45) is 0 Å². The average molecular weight is 218 g/mol. The lowest BCUT2D eigenvalue weighted by Gasteiger charge is -2.02. The number of benzene rings is 1. The van der Waals surface area contributed by atoms with Crippen molar-refractivity contribution in [2.75, 3.05) is 7.11 Å². The zero-order valence-electron chi connectivity index (χ0n) is 9.34. The molecule has 0 aliphatic heterocycles. The first-order valence-electron chi connectivity index (χ1n) is 5.16. The molecule has 0 saturated heterocycles. The first-order chi connectivity index (χ1) is 7.74. The van der Waals surface area contributed by atoms with E-state index in [4.69, 9.17) is 4.74 Å². The molecule has 4 nitrogen and oxygen atoms in total. The van der Waals surface area contributed by atoms with Crippen LogP contribution in [0.3, 0.4) is 0 Å². The minimum atomic E-state index is 0.235. The minimum Gasteiger partial charge on any atom is -0.504 e. The van der Waals surface area contributed by atoms with Gasteiger partial charge >= 0.3 is 0 Å². The van der Waals surface area contributed by atoms with Crippen LogP contribution in [0.5, 0.6) is 11.5 Å². The summed E-state index contributed by atoms with van der Waals surface area (Å²) in [6, 6.07) is 7.51. The lowest BCUT2D eigenvalue weighted by molar-refractivity contribution is 0.414. The van der Waals surface area contributed by atoms with E-state index in [1.807, 2.05) is 31.2 Å². The zero-order chi connectivity index (χ0) is 11.5. The lowest BCUT2D eigenvalue weighted by Crippen LogP contribution is -1.95. The van der Waals surface area contributed by atoms with E-state index in [0.717, 1.165) is 17.9 Å². The Morgan fingerprint density at radius 3 is 2.50 bits per heavy atom. The van der Waals surface area contributed by atoms with E-state index < -0.39 is 0 Å². The third kappa shape index (κ3) is 1.86. The SMILES string of the molecule is CCc1nn(-c2ccc(OC)cc2)cc1O. The second-order valence-electron chi connectivity index (χ2n) is 3.46. The maximum atomic E-state index is 9.59. The molecule has 1 N–H and O–H groups in total. The smallest absolute Gasteiger partial charge is 0.157 e. The highest BCUT2D eigenvalue weighted by Gasteiger charge is 2.06. The van der Waals surface area contributed by atoms with Crippen molar-refractivity contribution < 1.29 is 9.84 Å². The number of hydrogen-bond donors (Lipinski definition) is 1. The first kappa shape index (κ1) is 10.5. The second kappa shape index (κ2) is 4.26. The average Bonchev–Trinajstić information content (AvgIpc) is 2.71. The third-order valence-electron chi connectivity index (χ3n) is 2.44. The molecule has 0 bridgehead atoms. The van der Waals surface area contributed by atoms with Gasteiger partial charge in [0.05, 0.1) is 19.0 Å². The number of nitrogens with zero attached hydrogens (tertiary/aromatic N) is 2. The Morgan fingerprint density at radius 1 is 1.31 bits per heavy atom. The Bertz CT molecular complexity index is 474. The fraction of sp³-hybridized carbons (Fsp3) is 0.250. The molecule has 0 radical (unpaired) electrons. The summed E-state index contributed by atoms with van der Waals surface area (Å²) in [5.74, 6) is 1.04. The summed E-state index contributed by atoms with van der Waals surface area (Å²) in [5, 5.41) is 13.9. The molecular formula is C12H14N2O2. The van der Waals surface area contributed by atoms with Crippen LogP contribution in [0.15, 0.2) is 30.5 Å². The molecule has 0 aliphatic rings. The molecule has 16 heavy (non-hydrogen) atoms. The molecule has 2 aromatic rings. The van der Waals surface area contributed by atoms with E-state index in [0.29, 0.717) is 5.69 Å². The highest BCUT2D eigenvalue weighted by molar-refractivity contribution is 5.38. The topological polar surface area (TPSA) is 47.3 Å². The quantitative estimate of drug-likeness (QED) is 0.858. The molecule has 0 spiro atoms. The van der Waals surface area contributed by atoms with E-state index >= 15 is 0 Å². The third-order valence-corrected chi connectivity index (χ3v) is 2.44. The van der Waals surface area contributed by atoms with Crippen molar-refractivity contribution in [1.82, 2.24) is 9.78 Å². The second-order valence-corrected chi connectivity index (χ2v) is 3.46. The summed E-state index contributed by atoms with van der Waals surface area (Å²) in [6.45, 7) is 1.96. The van der Waals surface area contributed by atoms with Gasteiger partial charge in [-0.1, -0.05) is 6.92 Å². The Labute approximate surface area is 94.1 Å². The van der Waals surface area contributed by atoms with Crippen molar-refractivity contribution in [3.63, 3.8) is 0 Å². The van der Waals surface area contributed by atoms with Gasteiger partial charge in [-0.2, -0.15) is 5.10 Å². The molecule has 0 aliphatic carbocycles. The molecule has 4 heteroatoms. The molecule has 1 heterocycles. The van der Waals surface area contributed by atoms with Gasteiger partial charge in [-0.05, 0) is 30.7 Å². The first-order valence-corrected chi connectivity index (χ1v) is 5.16. The summed E-state index contributed by atoms with van der Waals surface area (Å²) < 4.78 is 6.74. The summed E-state index contributed by atoms with van der Waals surface area (Å²) in [4.78, 5) is 0. The summed E-state index contributed by atoms with van der Waals surface area (Å²) in [6.07, 6.45) is 2.33. The van der Waals surface area contributed by atoms with E-state index in [1.165, 1.54) is 0 Å². The fourth-order valence-electron chi connectivity index (χ4n) is 1.52. The van der Waals surface area contributed by atoms with Gasteiger partial charge in [0.1, 0.15) is 11.4 Å². The fourth-order valence-corrected chi connectivity index (χ4v) is 1.52. The number of methoxy groups -OCH3 is 1. The zero-order valence-corrected chi connectivity index (χ0v) is 9.34. The monoisotopic (exact) mass is 218 g/mol. The predicted molar refractivity (Wildman–Crippen MR) is 61.2 cm³/mol. The van der Waals surface area contributed by atoms with E-state index in [2.05, 4.69) is 5.10 Å². The molecule has 0 atom stereocenters. The Balaban J connectivity index is 2.34. The number of aryl methyl sites for hydroxylation is 1. The maximum absolute atomic E-state index is 9.59. The van der Waals surface area contributed by atoms with Crippen LogP contribution in [-0.2, 0) is 6.42 Å². The van der Waals surface area contributed by atoms with Crippen molar-refractivity contribution in [3.8, 4) is 17.2 Å². The van der Waals surface area contributed by atoms with Gasteiger partial charge in [0.15, 0.2) is 5.75 Å². The van der Waals surface area contributed by atoms with E-state index in [-0.39, 0.29) is 5.75 Å². The van der Waals surface area contributed by atoms with Gasteiger partial charge in [-0.15, -0.1) is 0 Å². The molecule has 2 rings (SSSR count). The Morgan fingerprint density at radius 2 is 2.00 bits per heavy atom. The number of aromatic hydroxyl groups is 1. The maximum Gasteiger partial charge on any atom is 0.157 e. The predicted octanol–water partition coefficient (Wildman–Crippen LogP) is 2.15. The number of ether oxygens (including phenoxy) is 1. The molecule has 0 saturated carbocycles. The van der Waals surface area contributed by atoms with Crippen LogP contribution in [0, 0.1) is 0 Å². The van der Waals surface area contributed by atoms with Crippen LogP contribution in [-0.4, -0.2) is 22.0 Å².